The maximum Gasteiger partial charge on any atom is 0.342 e. The molecule has 2 aliphatic rings. The summed E-state index contributed by atoms with van der Waals surface area (Å²) in [5.41, 5.74) is 0.712. The molecule has 2 aliphatic heterocycles. The summed E-state index contributed by atoms with van der Waals surface area (Å²) in [5, 5.41) is 22.6. The van der Waals surface area contributed by atoms with Gasteiger partial charge in [0, 0.05) is 40.2 Å². The van der Waals surface area contributed by atoms with Crippen LogP contribution in [0.5, 0.6) is 23.0 Å². The highest BCUT2D eigenvalue weighted by Crippen LogP contribution is 2.58. The van der Waals surface area contributed by atoms with Crippen molar-refractivity contribution in [2.75, 3.05) is 5.32 Å². The fraction of sp³-hybridized carbons (Fsp3) is 0.0909. The molecule has 30 heavy (non-hydrogen) atoms. The summed E-state index contributed by atoms with van der Waals surface area (Å²) in [4.78, 5) is 24.9. The zero-order valence-electron chi connectivity index (χ0n) is 15.5. The first-order valence-corrected chi connectivity index (χ1v) is 9.79. The first kappa shape index (κ1) is 18.5. The molecule has 0 fully saturated rings. The largest absolute Gasteiger partial charge is 0.508 e. The minimum atomic E-state index is -1.37. The van der Waals surface area contributed by atoms with E-state index >= 15 is 0 Å². The summed E-state index contributed by atoms with van der Waals surface area (Å²) in [6.07, 6.45) is 0. The zero-order valence-corrected chi connectivity index (χ0v) is 17.1. The number of amides is 1. The van der Waals surface area contributed by atoms with Gasteiger partial charge in [0.1, 0.15) is 23.0 Å². The molecule has 0 radical (unpaired) electrons. The third kappa shape index (κ3) is 2.43. The molecule has 5 rings (SSSR count). The third-order valence-electron chi connectivity index (χ3n) is 5.19. The lowest BCUT2D eigenvalue weighted by molar-refractivity contribution is -0.114. The minimum Gasteiger partial charge on any atom is -0.508 e. The van der Waals surface area contributed by atoms with Crippen molar-refractivity contribution in [2.45, 2.75) is 12.5 Å². The number of anilines is 1. The Bertz CT molecular complexity index is 1220. The zero-order chi connectivity index (χ0) is 21.2. The van der Waals surface area contributed by atoms with E-state index in [2.05, 4.69) is 21.2 Å². The molecule has 1 spiro atoms. The molecule has 3 aromatic carbocycles. The lowest BCUT2D eigenvalue weighted by Crippen LogP contribution is -2.32. The predicted molar refractivity (Wildman–Crippen MR) is 110 cm³/mol. The molecule has 0 saturated carbocycles. The van der Waals surface area contributed by atoms with Crippen molar-refractivity contribution < 1.29 is 29.3 Å². The number of rotatable bonds is 1. The number of esters is 1. The van der Waals surface area contributed by atoms with E-state index in [4.69, 9.17) is 9.47 Å². The van der Waals surface area contributed by atoms with Crippen LogP contribution < -0.4 is 10.1 Å². The van der Waals surface area contributed by atoms with Gasteiger partial charge >= 0.3 is 5.97 Å². The van der Waals surface area contributed by atoms with Crippen LogP contribution in [0.2, 0.25) is 0 Å². The number of phenols is 2. The summed E-state index contributed by atoms with van der Waals surface area (Å²) >= 11 is 3.39. The first-order chi connectivity index (χ1) is 14.3. The minimum absolute atomic E-state index is 0.0215. The van der Waals surface area contributed by atoms with Gasteiger partial charge in [-0.3, -0.25) is 4.79 Å². The standard InChI is InChI=1S/C22H14BrNO6/c1-10(25)24-20-16(23)7-6-15-19(20)21(28)30-22(15)13-4-2-11(26)8-17(13)29-18-9-12(27)3-5-14(18)22/h2-9,26-27H,1H3,(H,24,25). The number of aromatic hydroxyl groups is 2. The molecule has 150 valence electrons. The molecule has 1 amide bonds. The number of fused-ring (bicyclic) bond motifs is 6. The average Bonchev–Trinajstić information content (AvgIpc) is 2.96. The number of benzene rings is 3. The number of nitrogens with one attached hydrogen (secondary N) is 1. The van der Waals surface area contributed by atoms with Crippen LogP contribution in [0.15, 0.2) is 53.0 Å². The Hall–Kier alpha value is -3.52. The van der Waals surface area contributed by atoms with Crippen molar-refractivity contribution in [1.29, 1.82) is 0 Å². The quantitative estimate of drug-likeness (QED) is 0.458. The molecule has 2 heterocycles. The summed E-state index contributed by atoms with van der Waals surface area (Å²) in [6, 6.07) is 12.5. The normalized spacial score (nSPS) is 14.9. The van der Waals surface area contributed by atoms with Crippen LogP contribution in [0.25, 0.3) is 0 Å². The lowest BCUT2D eigenvalue weighted by atomic mass is 9.77. The molecule has 3 aromatic rings. The lowest BCUT2D eigenvalue weighted by Gasteiger charge is -2.36. The highest BCUT2D eigenvalue weighted by molar-refractivity contribution is 9.10. The van der Waals surface area contributed by atoms with Crippen LogP contribution in [0.1, 0.15) is 34.0 Å². The van der Waals surface area contributed by atoms with Gasteiger partial charge in [0.2, 0.25) is 5.91 Å². The van der Waals surface area contributed by atoms with Gasteiger partial charge in [-0.2, -0.15) is 0 Å². The van der Waals surface area contributed by atoms with E-state index in [-0.39, 0.29) is 34.5 Å². The van der Waals surface area contributed by atoms with Crippen molar-refractivity contribution in [1.82, 2.24) is 0 Å². The van der Waals surface area contributed by atoms with Gasteiger partial charge in [0.15, 0.2) is 5.60 Å². The van der Waals surface area contributed by atoms with E-state index < -0.39 is 11.6 Å². The monoisotopic (exact) mass is 467 g/mol. The smallest absolute Gasteiger partial charge is 0.342 e. The molecule has 0 unspecified atom stereocenters. The van der Waals surface area contributed by atoms with Crippen LogP contribution in [-0.2, 0) is 15.1 Å². The Morgan fingerprint density at radius 3 is 2.10 bits per heavy atom. The molecule has 0 atom stereocenters. The summed E-state index contributed by atoms with van der Waals surface area (Å²) in [5.74, 6) is -0.412. The van der Waals surface area contributed by atoms with Crippen LogP contribution in [0, 0.1) is 0 Å². The van der Waals surface area contributed by atoms with Crippen LogP contribution >= 0.6 is 15.9 Å². The van der Waals surface area contributed by atoms with Crippen LogP contribution in [0.4, 0.5) is 5.69 Å². The molecule has 0 aromatic heterocycles. The highest BCUT2D eigenvalue weighted by atomic mass is 79.9. The summed E-state index contributed by atoms with van der Waals surface area (Å²) in [7, 11) is 0. The Morgan fingerprint density at radius 2 is 1.53 bits per heavy atom. The Morgan fingerprint density at radius 1 is 0.967 bits per heavy atom. The van der Waals surface area contributed by atoms with Gasteiger partial charge < -0.3 is 25.0 Å². The van der Waals surface area contributed by atoms with Gasteiger partial charge in [-0.05, 0) is 46.3 Å². The second-order valence-electron chi connectivity index (χ2n) is 7.06. The van der Waals surface area contributed by atoms with Crippen molar-refractivity contribution in [3.05, 3.63) is 75.3 Å². The maximum absolute atomic E-state index is 13.1. The molecule has 8 heteroatoms. The second-order valence-corrected chi connectivity index (χ2v) is 7.91. The average molecular weight is 468 g/mol. The molecule has 0 saturated heterocycles. The Labute approximate surface area is 179 Å². The summed E-state index contributed by atoms with van der Waals surface area (Å²) < 4.78 is 12.5. The van der Waals surface area contributed by atoms with Crippen molar-refractivity contribution in [2.24, 2.45) is 0 Å². The molecular formula is C22H14BrNO6. The van der Waals surface area contributed by atoms with Gasteiger partial charge in [-0.15, -0.1) is 0 Å². The van der Waals surface area contributed by atoms with Crippen molar-refractivity contribution >= 4 is 33.5 Å². The topological polar surface area (TPSA) is 105 Å². The number of halogens is 1. The fourth-order valence-corrected chi connectivity index (χ4v) is 4.49. The maximum atomic E-state index is 13.1. The molecule has 3 N–H and O–H groups in total. The van der Waals surface area contributed by atoms with E-state index in [1.807, 2.05) is 0 Å². The summed E-state index contributed by atoms with van der Waals surface area (Å²) in [6.45, 7) is 1.35. The molecule has 0 aliphatic carbocycles. The van der Waals surface area contributed by atoms with E-state index in [1.54, 1.807) is 24.3 Å². The molecular weight excluding hydrogens is 454 g/mol. The number of carbonyl (C=O) groups excluding carboxylic acids is 2. The SMILES string of the molecule is CC(=O)Nc1c(Br)ccc2c1C(=O)OC21c2ccc(O)cc2Oc2cc(O)ccc21. The van der Waals surface area contributed by atoms with Gasteiger partial charge in [-0.25, -0.2) is 4.79 Å². The van der Waals surface area contributed by atoms with Gasteiger partial charge in [0.25, 0.3) is 0 Å². The third-order valence-corrected chi connectivity index (χ3v) is 5.85. The number of ether oxygens (including phenoxy) is 2. The Balaban J connectivity index is 1.88. The molecule has 0 bridgehead atoms. The van der Waals surface area contributed by atoms with Gasteiger partial charge in [-0.1, -0.05) is 6.07 Å². The Kier molecular flexibility index (Phi) is 3.85. The van der Waals surface area contributed by atoms with E-state index in [9.17, 15) is 19.8 Å². The van der Waals surface area contributed by atoms with E-state index in [0.717, 1.165) is 0 Å². The van der Waals surface area contributed by atoms with E-state index in [0.29, 0.717) is 26.9 Å². The fourth-order valence-electron chi connectivity index (χ4n) is 4.06. The van der Waals surface area contributed by atoms with Crippen molar-refractivity contribution in [3.8, 4) is 23.0 Å². The number of carbonyl (C=O) groups is 2. The van der Waals surface area contributed by atoms with Crippen LogP contribution in [-0.4, -0.2) is 22.1 Å². The first-order valence-electron chi connectivity index (χ1n) is 9.00. The molecule has 7 nitrogen and oxygen atoms in total. The van der Waals surface area contributed by atoms with E-state index in [1.165, 1.54) is 31.2 Å². The van der Waals surface area contributed by atoms with Crippen LogP contribution in [0.3, 0.4) is 0 Å². The van der Waals surface area contributed by atoms with Crippen molar-refractivity contribution in [3.63, 3.8) is 0 Å². The predicted octanol–water partition coefficient (Wildman–Crippen LogP) is 4.39. The second kappa shape index (κ2) is 6.24. The number of phenolic OH excluding ortho intramolecular Hbond substituents is 2. The number of hydrogen-bond acceptors (Lipinski definition) is 6. The number of hydrogen-bond donors (Lipinski definition) is 3. The highest BCUT2D eigenvalue weighted by Gasteiger charge is 2.54. The van der Waals surface area contributed by atoms with Gasteiger partial charge in [0.05, 0.1) is 11.3 Å².